The molecule has 1 aliphatic rings. The number of nitrogens with one attached hydrogen (secondary N) is 1. The second-order valence-corrected chi connectivity index (χ2v) is 8.48. The van der Waals surface area contributed by atoms with Crippen LogP contribution in [-0.2, 0) is 19.5 Å². The van der Waals surface area contributed by atoms with Crippen LogP contribution in [0.3, 0.4) is 0 Å². The zero-order chi connectivity index (χ0) is 22.6. The van der Waals surface area contributed by atoms with E-state index < -0.39 is 5.91 Å². The number of carbonyl (C=O) groups excluding carboxylic acids is 1. The zero-order valence-electron chi connectivity index (χ0n) is 18.3. The van der Waals surface area contributed by atoms with E-state index in [9.17, 15) is 4.79 Å². The Bertz CT molecular complexity index is 1270. The summed E-state index contributed by atoms with van der Waals surface area (Å²) in [6.07, 6.45) is 6.99. The van der Waals surface area contributed by atoms with Crippen LogP contribution in [0.1, 0.15) is 51.8 Å². The second kappa shape index (κ2) is 9.48. The molecule has 0 radical (unpaired) electrons. The molecule has 0 bridgehead atoms. The van der Waals surface area contributed by atoms with E-state index in [2.05, 4.69) is 35.2 Å². The summed E-state index contributed by atoms with van der Waals surface area (Å²) >= 11 is 0. The summed E-state index contributed by atoms with van der Waals surface area (Å²) in [6.45, 7) is 1.40. The lowest BCUT2D eigenvalue weighted by Crippen LogP contribution is -2.32. The van der Waals surface area contributed by atoms with Crippen LogP contribution in [-0.4, -0.2) is 26.0 Å². The van der Waals surface area contributed by atoms with Crippen LogP contribution in [0.25, 0.3) is 10.8 Å². The minimum absolute atomic E-state index is 0.191. The normalized spacial score (nSPS) is 15.4. The number of carbonyl (C=O) groups is 1. The highest BCUT2D eigenvalue weighted by atomic mass is 16.5. The van der Waals surface area contributed by atoms with Crippen molar-refractivity contribution in [2.24, 2.45) is 0 Å². The van der Waals surface area contributed by atoms with Crippen molar-refractivity contribution in [2.45, 2.75) is 38.4 Å². The first kappa shape index (κ1) is 21.2. The van der Waals surface area contributed by atoms with Gasteiger partial charge in [-0.25, -0.2) is 5.48 Å². The molecule has 1 atom stereocenters. The second-order valence-electron chi connectivity index (χ2n) is 8.48. The molecule has 4 aromatic rings. The Morgan fingerprint density at radius 2 is 1.82 bits per heavy atom. The SMILES string of the molecule is O=C(NO)c1ccc(CN(Cc2nccc3ccccc23)[C@H]2CCCc3cccnc32)cc1. The number of aromatic nitrogens is 2. The molecule has 2 aromatic carbocycles. The summed E-state index contributed by atoms with van der Waals surface area (Å²) in [4.78, 5) is 23.7. The van der Waals surface area contributed by atoms with Crippen molar-refractivity contribution in [1.29, 1.82) is 0 Å². The third kappa shape index (κ3) is 4.49. The van der Waals surface area contributed by atoms with Gasteiger partial charge in [0.1, 0.15) is 0 Å². The van der Waals surface area contributed by atoms with Crippen molar-refractivity contribution in [3.05, 3.63) is 107 Å². The average molecular weight is 439 g/mol. The smallest absolute Gasteiger partial charge is 0.274 e. The van der Waals surface area contributed by atoms with Crippen molar-refractivity contribution in [3.63, 3.8) is 0 Å². The molecule has 33 heavy (non-hydrogen) atoms. The zero-order valence-corrected chi connectivity index (χ0v) is 18.3. The van der Waals surface area contributed by atoms with Crippen molar-refractivity contribution in [1.82, 2.24) is 20.3 Å². The molecule has 5 rings (SSSR count). The number of benzene rings is 2. The summed E-state index contributed by atoms with van der Waals surface area (Å²) in [7, 11) is 0. The Labute approximate surface area is 192 Å². The van der Waals surface area contributed by atoms with Gasteiger partial charge in [-0.1, -0.05) is 42.5 Å². The number of rotatable bonds is 6. The van der Waals surface area contributed by atoms with Gasteiger partial charge in [0, 0.05) is 36.4 Å². The number of hydrogen-bond donors (Lipinski definition) is 2. The summed E-state index contributed by atoms with van der Waals surface area (Å²) in [5.74, 6) is -0.510. The maximum atomic E-state index is 11.7. The molecule has 2 heterocycles. The Morgan fingerprint density at radius 1 is 0.970 bits per heavy atom. The third-order valence-electron chi connectivity index (χ3n) is 6.42. The maximum Gasteiger partial charge on any atom is 0.274 e. The highest BCUT2D eigenvalue weighted by molar-refractivity contribution is 5.93. The Kier molecular flexibility index (Phi) is 6.11. The maximum absolute atomic E-state index is 11.7. The van der Waals surface area contributed by atoms with Gasteiger partial charge in [0.25, 0.3) is 5.91 Å². The molecule has 0 saturated carbocycles. The number of hydrogen-bond acceptors (Lipinski definition) is 5. The standard InChI is InChI=1S/C27H26N4O2/c32-27(30-33)22-12-10-19(11-13-22)17-31(25-9-3-6-21-7-4-15-29-26(21)25)18-24-23-8-2-1-5-20(23)14-16-28-24/h1-2,4-5,7-8,10-16,25,33H,3,6,9,17-18H2,(H,30,32)/t25-/m0/s1. The topological polar surface area (TPSA) is 78.4 Å². The van der Waals surface area contributed by atoms with Crippen molar-refractivity contribution in [2.75, 3.05) is 0 Å². The molecular formula is C27H26N4O2. The van der Waals surface area contributed by atoms with Gasteiger partial charge in [-0.2, -0.15) is 0 Å². The van der Waals surface area contributed by atoms with E-state index >= 15 is 0 Å². The van der Waals surface area contributed by atoms with E-state index in [0.717, 1.165) is 41.6 Å². The van der Waals surface area contributed by atoms with Crippen LogP contribution in [0, 0.1) is 0 Å². The first-order valence-corrected chi connectivity index (χ1v) is 11.3. The molecule has 0 unspecified atom stereocenters. The average Bonchev–Trinajstić information content (AvgIpc) is 2.88. The van der Waals surface area contributed by atoms with E-state index in [1.807, 2.05) is 36.7 Å². The van der Waals surface area contributed by atoms with Crippen LogP contribution in [0.5, 0.6) is 0 Å². The number of aryl methyl sites for hydroxylation is 1. The molecule has 6 nitrogen and oxygen atoms in total. The molecule has 0 fully saturated rings. The Hall–Kier alpha value is -3.61. The van der Waals surface area contributed by atoms with Crippen LogP contribution in [0.2, 0.25) is 0 Å². The van der Waals surface area contributed by atoms with Crippen LogP contribution < -0.4 is 5.48 Å². The number of fused-ring (bicyclic) bond motifs is 2. The molecule has 1 aliphatic carbocycles. The summed E-state index contributed by atoms with van der Waals surface area (Å²) < 4.78 is 0. The van der Waals surface area contributed by atoms with Crippen molar-refractivity contribution < 1.29 is 10.0 Å². The lowest BCUT2D eigenvalue weighted by molar-refractivity contribution is 0.0706. The number of hydroxylamine groups is 1. The number of amides is 1. The molecular weight excluding hydrogens is 412 g/mol. The largest absolute Gasteiger partial charge is 0.288 e. The van der Waals surface area contributed by atoms with Gasteiger partial charge in [0.05, 0.1) is 17.4 Å². The Balaban J connectivity index is 1.50. The van der Waals surface area contributed by atoms with Crippen LogP contribution >= 0.6 is 0 Å². The molecule has 1 amide bonds. The van der Waals surface area contributed by atoms with Gasteiger partial charge in [-0.3, -0.25) is 24.9 Å². The van der Waals surface area contributed by atoms with Gasteiger partial charge >= 0.3 is 0 Å². The van der Waals surface area contributed by atoms with Gasteiger partial charge < -0.3 is 0 Å². The number of pyridine rings is 2. The minimum Gasteiger partial charge on any atom is -0.288 e. The predicted molar refractivity (Wildman–Crippen MR) is 127 cm³/mol. The first-order chi connectivity index (χ1) is 16.2. The summed E-state index contributed by atoms with van der Waals surface area (Å²) in [6, 6.07) is 22.2. The number of nitrogens with zero attached hydrogens (tertiary/aromatic N) is 3. The first-order valence-electron chi connectivity index (χ1n) is 11.3. The molecule has 6 heteroatoms. The summed E-state index contributed by atoms with van der Waals surface area (Å²) in [5, 5.41) is 11.2. The van der Waals surface area contributed by atoms with Gasteiger partial charge in [-0.05, 0) is 60.0 Å². The molecule has 0 saturated heterocycles. The van der Waals surface area contributed by atoms with E-state index in [0.29, 0.717) is 18.7 Å². The Morgan fingerprint density at radius 3 is 2.67 bits per heavy atom. The molecule has 166 valence electrons. The summed E-state index contributed by atoms with van der Waals surface area (Å²) in [5.41, 5.74) is 6.72. The minimum atomic E-state index is -0.510. The highest BCUT2D eigenvalue weighted by Gasteiger charge is 2.28. The fourth-order valence-corrected chi connectivity index (χ4v) is 4.78. The van der Waals surface area contributed by atoms with E-state index in [-0.39, 0.29) is 6.04 Å². The molecule has 2 aromatic heterocycles. The molecule has 0 aliphatic heterocycles. The lowest BCUT2D eigenvalue weighted by atomic mass is 9.90. The van der Waals surface area contributed by atoms with E-state index in [1.54, 1.807) is 17.6 Å². The van der Waals surface area contributed by atoms with Gasteiger partial charge in [0.2, 0.25) is 0 Å². The third-order valence-corrected chi connectivity index (χ3v) is 6.42. The van der Waals surface area contributed by atoms with Crippen LogP contribution in [0.15, 0.2) is 79.1 Å². The molecule has 2 N–H and O–H groups in total. The van der Waals surface area contributed by atoms with Gasteiger partial charge in [-0.15, -0.1) is 0 Å². The fraction of sp³-hybridized carbons (Fsp3) is 0.222. The van der Waals surface area contributed by atoms with Crippen LogP contribution in [0.4, 0.5) is 0 Å². The highest BCUT2D eigenvalue weighted by Crippen LogP contribution is 2.35. The van der Waals surface area contributed by atoms with Crippen molar-refractivity contribution >= 4 is 16.7 Å². The fourth-order valence-electron chi connectivity index (χ4n) is 4.78. The predicted octanol–water partition coefficient (Wildman–Crippen LogP) is 4.83. The van der Waals surface area contributed by atoms with E-state index in [1.165, 1.54) is 10.9 Å². The quantitative estimate of drug-likeness (QED) is 0.333. The van der Waals surface area contributed by atoms with Gasteiger partial charge in [0.15, 0.2) is 0 Å². The van der Waals surface area contributed by atoms with E-state index in [4.69, 9.17) is 15.2 Å². The monoisotopic (exact) mass is 438 g/mol. The van der Waals surface area contributed by atoms with Crippen molar-refractivity contribution in [3.8, 4) is 0 Å². The molecule has 0 spiro atoms. The lowest BCUT2D eigenvalue weighted by Gasteiger charge is -2.35.